The minimum atomic E-state index is -2.33. The molecule has 1 aromatic rings. The van der Waals surface area contributed by atoms with E-state index in [1.54, 1.807) is 52.0 Å². The molecule has 238 valence electrons. The van der Waals surface area contributed by atoms with Crippen LogP contribution in [0, 0.1) is 34.5 Å². The molecule has 4 aliphatic rings. The molecule has 44 heavy (non-hydrogen) atoms. The van der Waals surface area contributed by atoms with E-state index in [-0.39, 0.29) is 36.4 Å². The lowest BCUT2D eigenvalue weighted by Crippen LogP contribution is -2.70. The van der Waals surface area contributed by atoms with E-state index in [2.05, 4.69) is 0 Å². The van der Waals surface area contributed by atoms with Crippen LogP contribution in [0.4, 0.5) is 8.78 Å². The van der Waals surface area contributed by atoms with Crippen LogP contribution in [-0.2, 0) is 19.1 Å². The molecular formula is C34H40F2O7S. The van der Waals surface area contributed by atoms with Crippen LogP contribution in [0.15, 0.2) is 48.1 Å². The summed E-state index contributed by atoms with van der Waals surface area (Å²) in [6, 6.07) is 6.48. The highest BCUT2D eigenvalue weighted by atomic mass is 32.2. The Bertz CT molecular complexity index is 1440. The Hall–Kier alpha value is -2.85. The zero-order valence-corrected chi connectivity index (χ0v) is 26.7. The number of rotatable bonds is 7. The number of hydrogen-bond acceptors (Lipinski definition) is 8. The number of fused-ring (bicyclic) bond motifs is 5. The summed E-state index contributed by atoms with van der Waals surface area (Å²) in [4.78, 5) is 52.8. The molecule has 0 saturated heterocycles. The summed E-state index contributed by atoms with van der Waals surface area (Å²) >= 11 is 0.741. The number of hydrogen-bond donors (Lipinski definition) is 1. The minimum absolute atomic E-state index is 0.0126. The maximum Gasteiger partial charge on any atom is 0.309 e. The summed E-state index contributed by atoms with van der Waals surface area (Å²) in [5.41, 5.74) is -6.58. The van der Waals surface area contributed by atoms with Gasteiger partial charge in [-0.2, -0.15) is 0 Å². The Morgan fingerprint density at radius 1 is 1.11 bits per heavy atom. The number of allylic oxidation sites excluding steroid dienone is 4. The minimum Gasteiger partial charge on any atom is -0.497 e. The highest BCUT2D eigenvalue weighted by Gasteiger charge is 2.78. The van der Waals surface area contributed by atoms with Gasteiger partial charge in [0.15, 0.2) is 22.8 Å². The van der Waals surface area contributed by atoms with Gasteiger partial charge in [0.05, 0.1) is 24.9 Å². The van der Waals surface area contributed by atoms with Gasteiger partial charge in [-0.15, -0.1) is 0 Å². The van der Waals surface area contributed by atoms with Gasteiger partial charge in [0, 0.05) is 28.2 Å². The van der Waals surface area contributed by atoms with Crippen LogP contribution in [0.1, 0.15) is 64.2 Å². The SMILES string of the molecule is COc1ccc(C(=O)CSC(=O)[C@@]2(OC(=O)C(C)C)[C@H](C)C[C@H]3[C@@H]4C[C@H](F)C5=CC(=O)C=C[C@]5(C)[C@@]4(F)[C@@H](O)C[C@@]32C)cc1. The highest BCUT2D eigenvalue weighted by Crippen LogP contribution is 2.72. The maximum atomic E-state index is 17.6. The van der Waals surface area contributed by atoms with Crippen molar-refractivity contribution in [3.05, 3.63) is 53.6 Å². The number of carbonyl (C=O) groups excluding carboxylic acids is 4. The van der Waals surface area contributed by atoms with Crippen LogP contribution in [0.2, 0.25) is 0 Å². The van der Waals surface area contributed by atoms with Gasteiger partial charge in [-0.25, -0.2) is 8.78 Å². The number of ketones is 2. The van der Waals surface area contributed by atoms with Gasteiger partial charge >= 0.3 is 5.97 Å². The molecule has 1 N–H and O–H groups in total. The molecule has 0 heterocycles. The van der Waals surface area contributed by atoms with Crippen LogP contribution in [0.25, 0.3) is 0 Å². The second kappa shape index (κ2) is 11.2. The third-order valence-corrected chi connectivity index (χ3v) is 11.9. The predicted molar refractivity (Wildman–Crippen MR) is 162 cm³/mol. The number of Topliss-reactive ketones (excluding diaryl/α,β-unsaturated/α-hetero) is 1. The lowest BCUT2D eigenvalue weighted by molar-refractivity contribution is -0.229. The normalized spacial score (nSPS) is 39.2. The van der Waals surface area contributed by atoms with E-state index < -0.39 is 74.9 Å². The van der Waals surface area contributed by atoms with Crippen molar-refractivity contribution in [1.82, 2.24) is 0 Å². The average molecular weight is 631 g/mol. The summed E-state index contributed by atoms with van der Waals surface area (Å²) in [6.07, 6.45) is 0.150. The highest BCUT2D eigenvalue weighted by molar-refractivity contribution is 8.14. The molecule has 4 aliphatic carbocycles. The predicted octanol–water partition coefficient (Wildman–Crippen LogP) is 5.64. The molecule has 0 spiro atoms. The van der Waals surface area contributed by atoms with Gasteiger partial charge in [-0.3, -0.25) is 19.2 Å². The quantitative estimate of drug-likeness (QED) is 0.305. The van der Waals surface area contributed by atoms with E-state index in [0.29, 0.717) is 11.3 Å². The standard InChI is InChI=1S/C34H40F2O7S/c1-18(2)29(40)43-34(30(41)44-17-27(38)20-7-9-22(42-6)10-8-20)19(3)13-23-24-15-26(35)25-14-21(37)11-12-31(25,4)33(24,36)28(39)16-32(23,34)5/h7-12,14,18-19,23-24,26,28,39H,13,15-17H2,1-6H3/t19-,23+,24+,26+,28+,31+,32+,33+,34+/m1/s1. The number of carbonyl (C=O) groups is 4. The Morgan fingerprint density at radius 2 is 1.77 bits per heavy atom. The molecule has 0 aliphatic heterocycles. The number of benzene rings is 1. The third-order valence-electron chi connectivity index (χ3n) is 11.0. The monoisotopic (exact) mass is 630 g/mol. The lowest BCUT2D eigenvalue weighted by atomic mass is 9.44. The fraction of sp³-hybridized carbons (Fsp3) is 0.588. The summed E-state index contributed by atoms with van der Waals surface area (Å²) in [7, 11) is 1.51. The van der Waals surface area contributed by atoms with Crippen molar-refractivity contribution >= 4 is 34.4 Å². The lowest BCUT2D eigenvalue weighted by Gasteiger charge is -2.63. The van der Waals surface area contributed by atoms with Gasteiger partial charge < -0.3 is 14.6 Å². The Balaban J connectivity index is 1.53. The average Bonchev–Trinajstić information content (AvgIpc) is 3.20. The summed E-state index contributed by atoms with van der Waals surface area (Å²) < 4.78 is 44.8. The summed E-state index contributed by atoms with van der Waals surface area (Å²) in [6.45, 7) is 8.28. The zero-order chi connectivity index (χ0) is 32.4. The number of aliphatic hydroxyl groups is 1. The number of alkyl halides is 2. The first-order valence-corrected chi connectivity index (χ1v) is 16.1. The molecule has 1 aromatic carbocycles. The van der Waals surface area contributed by atoms with Gasteiger partial charge in [0.2, 0.25) is 5.12 Å². The van der Waals surface area contributed by atoms with Gasteiger partial charge in [0.1, 0.15) is 11.9 Å². The molecule has 0 bridgehead atoms. The van der Waals surface area contributed by atoms with Crippen molar-refractivity contribution in [2.45, 2.75) is 77.4 Å². The van der Waals surface area contributed by atoms with Gasteiger partial charge in [-0.05, 0) is 74.1 Å². The Kier molecular flexibility index (Phi) is 8.28. The van der Waals surface area contributed by atoms with Crippen molar-refractivity contribution in [3.8, 4) is 5.75 Å². The molecule has 3 fully saturated rings. The number of methoxy groups -OCH3 is 1. The molecule has 0 aromatic heterocycles. The number of halogens is 2. The molecule has 9 atom stereocenters. The summed E-state index contributed by atoms with van der Waals surface area (Å²) in [5.74, 6) is -3.90. The molecule has 7 nitrogen and oxygen atoms in total. The first-order valence-electron chi connectivity index (χ1n) is 15.1. The van der Waals surface area contributed by atoms with Crippen LogP contribution in [0.5, 0.6) is 5.75 Å². The van der Waals surface area contributed by atoms with E-state index in [1.807, 2.05) is 0 Å². The molecule has 0 amide bonds. The van der Waals surface area contributed by atoms with Gasteiger partial charge in [0.25, 0.3) is 0 Å². The fourth-order valence-corrected chi connectivity index (χ4v) is 9.71. The van der Waals surface area contributed by atoms with E-state index in [9.17, 15) is 24.3 Å². The first kappa shape index (κ1) is 32.5. The zero-order valence-electron chi connectivity index (χ0n) is 25.9. The maximum absolute atomic E-state index is 17.6. The van der Waals surface area contributed by atoms with E-state index in [1.165, 1.54) is 26.2 Å². The molecule has 10 heteroatoms. The van der Waals surface area contributed by atoms with Crippen molar-refractivity contribution in [2.24, 2.45) is 34.5 Å². The molecule has 0 radical (unpaired) electrons. The van der Waals surface area contributed by atoms with E-state index in [4.69, 9.17) is 9.47 Å². The number of aliphatic hydroxyl groups excluding tert-OH is 1. The first-order chi connectivity index (χ1) is 20.6. The topological polar surface area (TPSA) is 107 Å². The van der Waals surface area contributed by atoms with Crippen LogP contribution < -0.4 is 4.74 Å². The number of thioether (sulfide) groups is 1. The molecule has 5 rings (SSSR count). The number of ether oxygens (including phenoxy) is 2. The Morgan fingerprint density at radius 3 is 2.39 bits per heavy atom. The van der Waals surface area contributed by atoms with Crippen molar-refractivity contribution in [3.63, 3.8) is 0 Å². The molecule has 3 saturated carbocycles. The van der Waals surface area contributed by atoms with Gasteiger partial charge in [-0.1, -0.05) is 45.5 Å². The second-order valence-corrected chi connectivity index (χ2v) is 14.5. The molecular weight excluding hydrogens is 590 g/mol. The van der Waals surface area contributed by atoms with Crippen molar-refractivity contribution in [2.75, 3.05) is 12.9 Å². The van der Waals surface area contributed by atoms with Crippen LogP contribution >= 0.6 is 11.8 Å². The van der Waals surface area contributed by atoms with Crippen LogP contribution in [0.3, 0.4) is 0 Å². The number of esters is 1. The van der Waals surface area contributed by atoms with Crippen molar-refractivity contribution in [1.29, 1.82) is 0 Å². The van der Waals surface area contributed by atoms with Crippen molar-refractivity contribution < 1.29 is 42.5 Å². The smallest absolute Gasteiger partial charge is 0.309 e. The largest absolute Gasteiger partial charge is 0.497 e. The fourth-order valence-electron chi connectivity index (χ4n) is 8.59. The summed E-state index contributed by atoms with van der Waals surface area (Å²) in [5, 5.41) is 11.2. The third kappa shape index (κ3) is 4.53. The van der Waals surface area contributed by atoms with Crippen LogP contribution in [-0.4, -0.2) is 64.2 Å². The van der Waals surface area contributed by atoms with E-state index >= 15 is 8.78 Å². The second-order valence-electron chi connectivity index (χ2n) is 13.5. The Labute approximate surface area is 260 Å². The molecule has 0 unspecified atom stereocenters. The van der Waals surface area contributed by atoms with E-state index in [0.717, 1.165) is 17.8 Å².